The van der Waals surface area contributed by atoms with Gasteiger partial charge in [0.05, 0.1) is 5.69 Å². The Morgan fingerprint density at radius 3 is 3.00 bits per heavy atom. The molecule has 2 heterocycles. The molecule has 1 saturated heterocycles. The highest BCUT2D eigenvalue weighted by molar-refractivity contribution is 5.64. The average molecular weight is 220 g/mol. The van der Waals surface area contributed by atoms with E-state index in [4.69, 9.17) is 0 Å². The van der Waals surface area contributed by atoms with Gasteiger partial charge in [0.2, 0.25) is 0 Å². The summed E-state index contributed by atoms with van der Waals surface area (Å²) in [7, 11) is 0. The number of benzene rings is 1. The highest BCUT2D eigenvalue weighted by Gasteiger charge is 2.37. The summed E-state index contributed by atoms with van der Waals surface area (Å²) in [5, 5.41) is 3.42. The van der Waals surface area contributed by atoms with Crippen molar-refractivity contribution in [1.82, 2.24) is 5.32 Å². The highest BCUT2D eigenvalue weighted by atomic mass is 19.1. The van der Waals surface area contributed by atoms with Gasteiger partial charge in [-0.25, -0.2) is 4.39 Å². The van der Waals surface area contributed by atoms with Crippen LogP contribution in [0, 0.1) is 12.7 Å². The van der Waals surface area contributed by atoms with Crippen LogP contribution >= 0.6 is 0 Å². The fourth-order valence-electron chi connectivity index (χ4n) is 3.07. The minimum Gasteiger partial charge on any atom is -0.360 e. The minimum atomic E-state index is -0.0585. The molecule has 3 rings (SSSR count). The first-order valence-electron chi connectivity index (χ1n) is 5.95. The third-order valence-electron chi connectivity index (χ3n) is 3.85. The molecular formula is C13H17FN2. The molecule has 0 radical (unpaired) electrons. The molecular weight excluding hydrogens is 203 g/mol. The molecule has 1 N–H and O–H groups in total. The molecule has 2 aliphatic rings. The van der Waals surface area contributed by atoms with E-state index in [2.05, 4.69) is 24.1 Å². The van der Waals surface area contributed by atoms with Crippen molar-refractivity contribution in [3.05, 3.63) is 29.1 Å². The van der Waals surface area contributed by atoms with E-state index in [9.17, 15) is 4.39 Å². The second-order valence-corrected chi connectivity index (χ2v) is 4.96. The van der Waals surface area contributed by atoms with Crippen molar-refractivity contribution in [2.45, 2.75) is 32.4 Å². The van der Waals surface area contributed by atoms with Gasteiger partial charge in [-0.1, -0.05) is 6.07 Å². The van der Waals surface area contributed by atoms with Gasteiger partial charge in [0.25, 0.3) is 0 Å². The molecule has 0 aromatic heterocycles. The molecule has 86 valence electrons. The number of piperazine rings is 1. The molecule has 0 saturated carbocycles. The second kappa shape index (κ2) is 3.45. The molecule has 2 aliphatic heterocycles. The fraction of sp³-hybridized carbons (Fsp3) is 0.538. The molecule has 1 aromatic rings. The maximum atomic E-state index is 14.0. The van der Waals surface area contributed by atoms with Gasteiger partial charge in [-0.15, -0.1) is 0 Å². The Bertz CT molecular complexity index is 430. The summed E-state index contributed by atoms with van der Waals surface area (Å²) < 4.78 is 14.0. The number of halogens is 1. The van der Waals surface area contributed by atoms with E-state index in [0.29, 0.717) is 12.1 Å². The quantitative estimate of drug-likeness (QED) is 0.718. The standard InChI is InChI=1S/C13H17FN2/c1-8-3-4-12(14)13-11(8)5-10-7-15-6-9(2)16(10)13/h3-4,9-10,15H,5-7H2,1-2H3/t9-,10-/m1/s1. The van der Waals surface area contributed by atoms with Crippen LogP contribution in [0.5, 0.6) is 0 Å². The predicted molar refractivity (Wildman–Crippen MR) is 63.4 cm³/mol. The van der Waals surface area contributed by atoms with E-state index in [1.807, 2.05) is 6.07 Å². The van der Waals surface area contributed by atoms with Crippen LogP contribution in [0.4, 0.5) is 10.1 Å². The zero-order valence-corrected chi connectivity index (χ0v) is 9.76. The maximum absolute atomic E-state index is 14.0. The molecule has 0 amide bonds. The zero-order chi connectivity index (χ0) is 11.3. The Labute approximate surface area is 95.4 Å². The Hall–Kier alpha value is -1.09. The third kappa shape index (κ3) is 1.27. The number of rotatable bonds is 0. The molecule has 0 aliphatic carbocycles. The molecule has 16 heavy (non-hydrogen) atoms. The van der Waals surface area contributed by atoms with Crippen LogP contribution in [0.3, 0.4) is 0 Å². The van der Waals surface area contributed by atoms with Gasteiger partial charge >= 0.3 is 0 Å². The molecule has 3 heteroatoms. The summed E-state index contributed by atoms with van der Waals surface area (Å²) in [6.07, 6.45) is 0.982. The molecule has 1 fully saturated rings. The third-order valence-corrected chi connectivity index (χ3v) is 3.85. The normalized spacial score (nSPS) is 27.8. The van der Waals surface area contributed by atoms with Gasteiger partial charge in [-0.05, 0) is 37.5 Å². The largest absolute Gasteiger partial charge is 0.360 e. The SMILES string of the molecule is Cc1ccc(F)c2c1C[C@@H]1CNC[C@@H](C)N21. The van der Waals surface area contributed by atoms with Crippen LogP contribution in [0.1, 0.15) is 18.1 Å². The number of nitrogens with one attached hydrogen (secondary N) is 1. The van der Waals surface area contributed by atoms with Crippen LogP contribution in [-0.4, -0.2) is 25.2 Å². The van der Waals surface area contributed by atoms with Gasteiger partial charge in [-0.2, -0.15) is 0 Å². The summed E-state index contributed by atoms with van der Waals surface area (Å²) in [5.41, 5.74) is 3.29. The molecule has 2 nitrogen and oxygen atoms in total. The smallest absolute Gasteiger partial charge is 0.146 e. The number of hydrogen-bond acceptors (Lipinski definition) is 2. The van der Waals surface area contributed by atoms with Gasteiger partial charge in [-0.3, -0.25) is 0 Å². The zero-order valence-electron chi connectivity index (χ0n) is 9.76. The van der Waals surface area contributed by atoms with Gasteiger partial charge in [0.15, 0.2) is 0 Å². The summed E-state index contributed by atoms with van der Waals surface area (Å²) in [4.78, 5) is 2.27. The van der Waals surface area contributed by atoms with Crippen molar-refractivity contribution in [3.63, 3.8) is 0 Å². The number of nitrogens with zero attached hydrogens (tertiary/aromatic N) is 1. The molecule has 0 spiro atoms. The van der Waals surface area contributed by atoms with Crippen molar-refractivity contribution in [3.8, 4) is 0 Å². The van der Waals surface area contributed by atoms with Crippen molar-refractivity contribution in [2.24, 2.45) is 0 Å². The number of fused-ring (bicyclic) bond motifs is 3. The van der Waals surface area contributed by atoms with E-state index in [1.165, 1.54) is 11.1 Å². The summed E-state index contributed by atoms with van der Waals surface area (Å²) in [5.74, 6) is -0.0585. The van der Waals surface area contributed by atoms with Crippen LogP contribution < -0.4 is 10.2 Å². The van der Waals surface area contributed by atoms with Gasteiger partial charge < -0.3 is 10.2 Å². The van der Waals surface area contributed by atoms with Crippen LogP contribution in [-0.2, 0) is 6.42 Å². The van der Waals surface area contributed by atoms with E-state index in [-0.39, 0.29) is 5.82 Å². The van der Waals surface area contributed by atoms with E-state index < -0.39 is 0 Å². The number of anilines is 1. The molecule has 2 atom stereocenters. The summed E-state index contributed by atoms with van der Waals surface area (Å²) in [6.45, 7) is 6.16. The van der Waals surface area contributed by atoms with Crippen molar-refractivity contribution in [1.29, 1.82) is 0 Å². The lowest BCUT2D eigenvalue weighted by molar-refractivity contribution is 0.425. The van der Waals surface area contributed by atoms with Crippen molar-refractivity contribution < 1.29 is 4.39 Å². The lowest BCUT2D eigenvalue weighted by Gasteiger charge is -2.38. The topological polar surface area (TPSA) is 15.3 Å². The molecule has 1 aromatic carbocycles. The monoisotopic (exact) mass is 220 g/mol. The fourth-order valence-corrected chi connectivity index (χ4v) is 3.07. The molecule has 0 bridgehead atoms. The predicted octanol–water partition coefficient (Wildman–Crippen LogP) is 1.86. The summed E-state index contributed by atoms with van der Waals surface area (Å²) >= 11 is 0. The van der Waals surface area contributed by atoms with Gasteiger partial charge in [0.1, 0.15) is 5.82 Å². The van der Waals surface area contributed by atoms with E-state index in [1.54, 1.807) is 6.07 Å². The lowest BCUT2D eigenvalue weighted by atomic mass is 10.0. The average Bonchev–Trinajstić information content (AvgIpc) is 2.65. The lowest BCUT2D eigenvalue weighted by Crippen LogP contribution is -2.55. The second-order valence-electron chi connectivity index (χ2n) is 4.96. The first-order chi connectivity index (χ1) is 7.68. The van der Waals surface area contributed by atoms with Crippen LogP contribution in [0.15, 0.2) is 12.1 Å². The van der Waals surface area contributed by atoms with Crippen molar-refractivity contribution in [2.75, 3.05) is 18.0 Å². The van der Waals surface area contributed by atoms with E-state index in [0.717, 1.165) is 25.2 Å². The first kappa shape index (κ1) is 10.1. The van der Waals surface area contributed by atoms with Crippen LogP contribution in [0.25, 0.3) is 0 Å². The number of aryl methyl sites for hydroxylation is 1. The minimum absolute atomic E-state index is 0.0585. The Kier molecular flexibility index (Phi) is 2.18. The van der Waals surface area contributed by atoms with Gasteiger partial charge in [0, 0.05) is 25.2 Å². The Morgan fingerprint density at radius 1 is 1.38 bits per heavy atom. The first-order valence-corrected chi connectivity index (χ1v) is 5.95. The van der Waals surface area contributed by atoms with Crippen LogP contribution in [0.2, 0.25) is 0 Å². The maximum Gasteiger partial charge on any atom is 0.146 e. The Balaban J connectivity index is 2.13. The molecule has 0 unspecified atom stereocenters. The summed E-state index contributed by atoms with van der Waals surface area (Å²) in [6, 6.07) is 4.32. The van der Waals surface area contributed by atoms with E-state index >= 15 is 0 Å². The highest BCUT2D eigenvalue weighted by Crippen LogP contribution is 2.38. The Morgan fingerprint density at radius 2 is 2.19 bits per heavy atom. The van der Waals surface area contributed by atoms with Crippen molar-refractivity contribution >= 4 is 5.69 Å². The number of hydrogen-bond donors (Lipinski definition) is 1.